The quantitative estimate of drug-likeness (QED) is 0.255. The molecule has 0 spiro atoms. The highest BCUT2D eigenvalue weighted by atomic mass is 35.5. The molecule has 29 heavy (non-hydrogen) atoms. The van der Waals surface area contributed by atoms with Gasteiger partial charge in [0, 0.05) is 42.3 Å². The third-order valence-electron chi connectivity index (χ3n) is 4.46. The Bertz CT molecular complexity index is 963. The number of carbonyl (C=O) groups is 1. The van der Waals surface area contributed by atoms with E-state index in [0.717, 1.165) is 4.90 Å². The molecule has 0 radical (unpaired) electrons. The molecule has 0 bridgehead atoms. The van der Waals surface area contributed by atoms with E-state index in [4.69, 9.17) is 34.8 Å². The number of nitrogens with zero attached hydrogens (tertiary/aromatic N) is 2. The first-order valence-corrected chi connectivity index (χ1v) is 9.52. The third kappa shape index (κ3) is 4.47. The van der Waals surface area contributed by atoms with Crippen LogP contribution in [0.3, 0.4) is 0 Å². The van der Waals surface area contributed by atoms with Crippen LogP contribution in [0.2, 0.25) is 15.1 Å². The maximum atomic E-state index is 14.1. The lowest BCUT2D eigenvalue weighted by Crippen LogP contribution is -2.49. The van der Waals surface area contributed by atoms with Gasteiger partial charge in [0.25, 0.3) is 0 Å². The standard InChI is InChI=1S/C19H13Cl3F4N2O/c20-11-3-1-10(12(21)9-11)2-4-13(29)27-5-7-28(8-6-27)19-17(25)15(23)14(22)16(24)18(19)26/h1-4,9H,5-8H2/b4-2+. The largest absolute Gasteiger partial charge is 0.363 e. The topological polar surface area (TPSA) is 23.6 Å². The molecular weight excluding hydrogens is 455 g/mol. The lowest BCUT2D eigenvalue weighted by atomic mass is 10.2. The van der Waals surface area contributed by atoms with Crippen LogP contribution in [0.5, 0.6) is 0 Å². The Morgan fingerprint density at radius 2 is 1.48 bits per heavy atom. The normalized spacial score (nSPS) is 14.7. The Labute approximate surface area is 179 Å². The molecule has 0 unspecified atom stereocenters. The average Bonchev–Trinajstić information content (AvgIpc) is 2.70. The van der Waals surface area contributed by atoms with Crippen molar-refractivity contribution in [2.75, 3.05) is 31.1 Å². The first kappa shape index (κ1) is 21.7. The van der Waals surface area contributed by atoms with Gasteiger partial charge in [-0.2, -0.15) is 0 Å². The molecular formula is C19H13Cl3F4N2O. The van der Waals surface area contributed by atoms with Crippen molar-refractivity contribution < 1.29 is 22.4 Å². The van der Waals surface area contributed by atoms with Gasteiger partial charge in [0.2, 0.25) is 5.91 Å². The number of benzene rings is 2. The summed E-state index contributed by atoms with van der Waals surface area (Å²) in [7, 11) is 0. The zero-order valence-electron chi connectivity index (χ0n) is 14.7. The van der Waals surface area contributed by atoms with Crippen LogP contribution in [0, 0.1) is 23.3 Å². The Kier molecular flexibility index (Phi) is 6.61. The number of anilines is 1. The predicted octanol–water partition coefficient (Wildman–Crippen LogP) is 5.57. The van der Waals surface area contributed by atoms with E-state index in [0.29, 0.717) is 15.6 Å². The molecule has 1 heterocycles. The van der Waals surface area contributed by atoms with E-state index in [1.165, 1.54) is 17.1 Å². The smallest absolute Gasteiger partial charge is 0.246 e. The summed E-state index contributed by atoms with van der Waals surface area (Å²) in [6.45, 7) is 0.163. The van der Waals surface area contributed by atoms with E-state index in [9.17, 15) is 22.4 Å². The molecule has 3 rings (SSSR count). The highest BCUT2D eigenvalue weighted by Crippen LogP contribution is 2.34. The zero-order valence-corrected chi connectivity index (χ0v) is 16.9. The molecule has 0 saturated carbocycles. The van der Waals surface area contributed by atoms with E-state index < -0.39 is 34.0 Å². The third-order valence-corrected chi connectivity index (χ3v) is 5.36. The molecule has 0 N–H and O–H groups in total. The molecule has 1 aliphatic heterocycles. The van der Waals surface area contributed by atoms with E-state index in [1.807, 2.05) is 0 Å². The number of hydrogen-bond donors (Lipinski definition) is 0. The fraction of sp³-hybridized carbons (Fsp3) is 0.211. The van der Waals surface area contributed by atoms with Crippen molar-refractivity contribution in [2.45, 2.75) is 0 Å². The summed E-state index contributed by atoms with van der Waals surface area (Å²) in [5, 5.41) is -0.392. The zero-order chi connectivity index (χ0) is 21.3. The number of halogens is 7. The summed E-state index contributed by atoms with van der Waals surface area (Å²) in [5.74, 6) is -6.77. The Balaban J connectivity index is 1.69. The van der Waals surface area contributed by atoms with Gasteiger partial charge in [-0.15, -0.1) is 0 Å². The van der Waals surface area contributed by atoms with Crippen molar-refractivity contribution in [2.24, 2.45) is 0 Å². The van der Waals surface area contributed by atoms with Crippen LogP contribution in [0.25, 0.3) is 6.08 Å². The molecule has 0 atom stereocenters. The number of piperazine rings is 1. The van der Waals surface area contributed by atoms with Crippen LogP contribution in [0.15, 0.2) is 24.3 Å². The Morgan fingerprint density at radius 1 is 0.897 bits per heavy atom. The lowest BCUT2D eigenvalue weighted by Gasteiger charge is -2.36. The van der Waals surface area contributed by atoms with Crippen LogP contribution >= 0.6 is 34.8 Å². The van der Waals surface area contributed by atoms with Gasteiger partial charge in [-0.05, 0) is 23.8 Å². The Hall–Kier alpha value is -1.96. The van der Waals surface area contributed by atoms with Gasteiger partial charge in [0.15, 0.2) is 23.3 Å². The minimum absolute atomic E-state index is 0.0182. The van der Waals surface area contributed by atoms with Crippen molar-refractivity contribution in [1.29, 1.82) is 0 Å². The molecule has 0 aliphatic carbocycles. The molecule has 1 aliphatic rings. The summed E-state index contributed by atoms with van der Waals surface area (Å²) >= 11 is 17.1. The summed E-state index contributed by atoms with van der Waals surface area (Å²) in [5.41, 5.74) is -0.237. The molecule has 1 saturated heterocycles. The summed E-state index contributed by atoms with van der Waals surface area (Å²) in [4.78, 5) is 14.9. The number of hydrogen-bond acceptors (Lipinski definition) is 2. The van der Waals surface area contributed by atoms with Crippen LogP contribution in [0.4, 0.5) is 23.2 Å². The fourth-order valence-electron chi connectivity index (χ4n) is 2.92. The summed E-state index contributed by atoms with van der Waals surface area (Å²) < 4.78 is 55.5. The van der Waals surface area contributed by atoms with Gasteiger partial charge < -0.3 is 9.80 Å². The second kappa shape index (κ2) is 8.81. The number of carbonyl (C=O) groups excluding carboxylic acids is 1. The van der Waals surface area contributed by atoms with Crippen molar-refractivity contribution >= 4 is 52.5 Å². The number of amides is 1. The van der Waals surface area contributed by atoms with Crippen LogP contribution < -0.4 is 4.90 Å². The van der Waals surface area contributed by atoms with Crippen molar-refractivity contribution in [3.8, 4) is 0 Å². The first-order chi connectivity index (χ1) is 13.7. The summed E-state index contributed by atoms with van der Waals surface area (Å²) in [6, 6.07) is 4.82. The van der Waals surface area contributed by atoms with E-state index in [-0.39, 0.29) is 32.1 Å². The van der Waals surface area contributed by atoms with Gasteiger partial charge in [-0.3, -0.25) is 4.79 Å². The van der Waals surface area contributed by atoms with E-state index >= 15 is 0 Å². The maximum Gasteiger partial charge on any atom is 0.246 e. The minimum Gasteiger partial charge on any atom is -0.363 e. The van der Waals surface area contributed by atoms with Gasteiger partial charge in [-0.25, -0.2) is 17.6 Å². The monoisotopic (exact) mass is 466 g/mol. The SMILES string of the molecule is O=C(/C=C/c1ccc(Cl)cc1Cl)N1CCN(c2c(F)c(F)c(Cl)c(F)c2F)CC1. The van der Waals surface area contributed by atoms with Gasteiger partial charge in [0.1, 0.15) is 10.7 Å². The van der Waals surface area contributed by atoms with Gasteiger partial charge in [0.05, 0.1) is 0 Å². The second-order valence-corrected chi connectivity index (χ2v) is 7.45. The van der Waals surface area contributed by atoms with Crippen molar-refractivity contribution in [3.05, 3.63) is 68.2 Å². The van der Waals surface area contributed by atoms with Gasteiger partial charge in [-0.1, -0.05) is 40.9 Å². The van der Waals surface area contributed by atoms with Crippen molar-refractivity contribution in [3.63, 3.8) is 0 Å². The van der Waals surface area contributed by atoms with E-state index in [2.05, 4.69) is 0 Å². The first-order valence-electron chi connectivity index (χ1n) is 8.39. The highest BCUT2D eigenvalue weighted by molar-refractivity contribution is 6.35. The molecule has 1 fully saturated rings. The van der Waals surface area contributed by atoms with E-state index in [1.54, 1.807) is 18.2 Å². The highest BCUT2D eigenvalue weighted by Gasteiger charge is 2.30. The van der Waals surface area contributed by atoms with Crippen molar-refractivity contribution in [1.82, 2.24) is 4.90 Å². The lowest BCUT2D eigenvalue weighted by molar-refractivity contribution is -0.126. The molecule has 154 valence electrons. The van der Waals surface area contributed by atoms with Gasteiger partial charge >= 0.3 is 0 Å². The van der Waals surface area contributed by atoms with Crippen LogP contribution in [-0.4, -0.2) is 37.0 Å². The Morgan fingerprint density at radius 3 is 2.03 bits per heavy atom. The average molecular weight is 468 g/mol. The number of rotatable bonds is 3. The van der Waals surface area contributed by atoms with Crippen LogP contribution in [-0.2, 0) is 4.79 Å². The van der Waals surface area contributed by atoms with Crippen LogP contribution in [0.1, 0.15) is 5.56 Å². The minimum atomic E-state index is -1.65. The fourth-order valence-corrected chi connectivity index (χ4v) is 3.56. The second-order valence-electron chi connectivity index (χ2n) is 6.23. The molecule has 10 heteroatoms. The molecule has 2 aromatic rings. The predicted molar refractivity (Wildman–Crippen MR) is 106 cm³/mol. The molecule has 3 nitrogen and oxygen atoms in total. The molecule has 2 aromatic carbocycles. The molecule has 0 aromatic heterocycles. The summed E-state index contributed by atoms with van der Waals surface area (Å²) in [6.07, 6.45) is 2.84. The maximum absolute atomic E-state index is 14.1. The molecule has 1 amide bonds.